The van der Waals surface area contributed by atoms with Gasteiger partial charge in [0, 0.05) is 25.2 Å². The van der Waals surface area contributed by atoms with Crippen LogP contribution in [-0.4, -0.2) is 44.9 Å². The van der Waals surface area contributed by atoms with Crippen LogP contribution in [0.3, 0.4) is 0 Å². The predicted octanol–water partition coefficient (Wildman–Crippen LogP) is 2.17. The molecule has 8 heteroatoms. The van der Waals surface area contributed by atoms with Gasteiger partial charge in [-0.1, -0.05) is 18.2 Å². The number of carbonyl (C=O) groups excluding carboxylic acids is 1. The van der Waals surface area contributed by atoms with E-state index in [0.717, 1.165) is 24.2 Å². The second-order valence-corrected chi connectivity index (χ2v) is 8.79. The molecule has 148 valence electrons. The molecule has 1 saturated heterocycles. The summed E-state index contributed by atoms with van der Waals surface area (Å²) in [7, 11) is -3.53. The minimum atomic E-state index is -3.53. The van der Waals surface area contributed by atoms with E-state index in [0.29, 0.717) is 30.9 Å². The molecule has 7 nitrogen and oxygen atoms in total. The zero-order valence-electron chi connectivity index (χ0n) is 15.4. The average molecular weight is 402 g/mol. The largest absolute Gasteiger partial charge is 0.454 e. The fraction of sp³-hybridized carbons (Fsp3) is 0.350. The highest BCUT2D eigenvalue weighted by Gasteiger charge is 2.27. The van der Waals surface area contributed by atoms with Crippen molar-refractivity contribution in [3.8, 4) is 11.5 Å². The summed E-state index contributed by atoms with van der Waals surface area (Å²) < 4.78 is 37.5. The van der Waals surface area contributed by atoms with E-state index in [1.807, 2.05) is 18.2 Å². The SMILES string of the molecule is O=C(CNCc1ccc2c(c1)OCO2)c1cccc(S(=O)(=O)N2CCCC2)c1. The first-order chi connectivity index (χ1) is 13.5. The van der Waals surface area contributed by atoms with Gasteiger partial charge in [-0.05, 0) is 42.7 Å². The maximum absolute atomic E-state index is 12.7. The minimum Gasteiger partial charge on any atom is -0.454 e. The lowest BCUT2D eigenvalue weighted by atomic mass is 10.1. The summed E-state index contributed by atoms with van der Waals surface area (Å²) in [5, 5.41) is 3.10. The number of hydrogen-bond donors (Lipinski definition) is 1. The molecule has 1 N–H and O–H groups in total. The van der Waals surface area contributed by atoms with E-state index in [-0.39, 0.29) is 24.0 Å². The summed E-state index contributed by atoms with van der Waals surface area (Å²) in [6.07, 6.45) is 1.75. The monoisotopic (exact) mass is 402 g/mol. The number of hydrogen-bond acceptors (Lipinski definition) is 6. The van der Waals surface area contributed by atoms with Crippen LogP contribution < -0.4 is 14.8 Å². The molecule has 1 fully saturated rings. The Kier molecular flexibility index (Phi) is 5.34. The molecule has 2 aliphatic rings. The van der Waals surface area contributed by atoms with Crippen molar-refractivity contribution in [2.24, 2.45) is 0 Å². The van der Waals surface area contributed by atoms with Crippen LogP contribution in [-0.2, 0) is 16.6 Å². The third kappa shape index (κ3) is 3.89. The van der Waals surface area contributed by atoms with Crippen molar-refractivity contribution in [3.63, 3.8) is 0 Å². The van der Waals surface area contributed by atoms with Gasteiger partial charge in [-0.25, -0.2) is 8.42 Å². The lowest BCUT2D eigenvalue weighted by molar-refractivity contribution is 0.0990. The second kappa shape index (κ2) is 7.90. The van der Waals surface area contributed by atoms with Gasteiger partial charge in [-0.3, -0.25) is 4.79 Å². The molecule has 0 radical (unpaired) electrons. The molecule has 4 rings (SSSR count). The maximum Gasteiger partial charge on any atom is 0.243 e. The minimum absolute atomic E-state index is 0.113. The van der Waals surface area contributed by atoms with Crippen molar-refractivity contribution in [2.45, 2.75) is 24.3 Å². The third-order valence-corrected chi connectivity index (χ3v) is 6.81. The van der Waals surface area contributed by atoms with Crippen LogP contribution in [0.2, 0.25) is 0 Å². The van der Waals surface area contributed by atoms with Gasteiger partial charge in [-0.2, -0.15) is 4.31 Å². The Hall–Kier alpha value is -2.42. The van der Waals surface area contributed by atoms with Gasteiger partial charge in [0.15, 0.2) is 17.3 Å². The molecule has 2 aromatic rings. The van der Waals surface area contributed by atoms with E-state index < -0.39 is 10.0 Å². The van der Waals surface area contributed by atoms with Crippen LogP contribution in [0.1, 0.15) is 28.8 Å². The Labute approximate surface area is 164 Å². The van der Waals surface area contributed by atoms with Crippen molar-refractivity contribution in [3.05, 3.63) is 53.6 Å². The Morgan fingerprint density at radius 1 is 1.04 bits per heavy atom. The second-order valence-electron chi connectivity index (χ2n) is 6.85. The number of Topliss-reactive ketones (excluding diaryl/α,β-unsaturated/α-hetero) is 1. The summed E-state index contributed by atoms with van der Waals surface area (Å²) in [4.78, 5) is 12.7. The van der Waals surface area contributed by atoms with Gasteiger partial charge in [-0.15, -0.1) is 0 Å². The number of nitrogens with zero attached hydrogens (tertiary/aromatic N) is 1. The number of sulfonamides is 1. The zero-order valence-corrected chi connectivity index (χ0v) is 16.2. The Bertz CT molecular complexity index is 984. The van der Waals surface area contributed by atoms with Crippen molar-refractivity contribution in [2.75, 3.05) is 26.4 Å². The van der Waals surface area contributed by atoms with Crippen LogP contribution in [0.15, 0.2) is 47.4 Å². The zero-order chi connectivity index (χ0) is 19.6. The molecular formula is C20H22N2O5S. The molecule has 0 spiro atoms. The molecule has 2 aromatic carbocycles. The van der Waals surface area contributed by atoms with Crippen molar-refractivity contribution in [1.82, 2.24) is 9.62 Å². The van der Waals surface area contributed by atoms with E-state index in [4.69, 9.17) is 9.47 Å². The highest BCUT2D eigenvalue weighted by Crippen LogP contribution is 2.32. The summed E-state index contributed by atoms with van der Waals surface area (Å²) in [6, 6.07) is 11.9. The fourth-order valence-corrected chi connectivity index (χ4v) is 4.94. The first-order valence-corrected chi connectivity index (χ1v) is 10.7. The predicted molar refractivity (Wildman–Crippen MR) is 103 cm³/mol. The van der Waals surface area contributed by atoms with Crippen molar-refractivity contribution in [1.29, 1.82) is 0 Å². The van der Waals surface area contributed by atoms with Crippen LogP contribution in [0, 0.1) is 0 Å². The Morgan fingerprint density at radius 2 is 1.82 bits per heavy atom. The van der Waals surface area contributed by atoms with E-state index in [2.05, 4.69) is 5.32 Å². The molecule has 28 heavy (non-hydrogen) atoms. The van der Waals surface area contributed by atoms with Crippen LogP contribution >= 0.6 is 0 Å². The van der Waals surface area contributed by atoms with E-state index in [9.17, 15) is 13.2 Å². The summed E-state index contributed by atoms with van der Waals surface area (Å²) in [6.45, 7) is 1.91. The van der Waals surface area contributed by atoms with E-state index in [1.54, 1.807) is 18.2 Å². The number of fused-ring (bicyclic) bond motifs is 1. The number of nitrogens with one attached hydrogen (secondary N) is 1. The number of rotatable bonds is 7. The lowest BCUT2D eigenvalue weighted by Crippen LogP contribution is -2.28. The molecule has 0 saturated carbocycles. The third-order valence-electron chi connectivity index (χ3n) is 4.91. The highest BCUT2D eigenvalue weighted by atomic mass is 32.2. The molecule has 0 atom stereocenters. The number of ether oxygens (including phenoxy) is 2. The fourth-order valence-electron chi connectivity index (χ4n) is 3.38. The van der Waals surface area contributed by atoms with Gasteiger partial charge >= 0.3 is 0 Å². The molecule has 0 unspecified atom stereocenters. The maximum atomic E-state index is 12.7. The molecule has 2 heterocycles. The van der Waals surface area contributed by atoms with E-state index in [1.165, 1.54) is 10.4 Å². The van der Waals surface area contributed by atoms with Crippen molar-refractivity contribution >= 4 is 15.8 Å². The van der Waals surface area contributed by atoms with Gasteiger partial charge in [0.05, 0.1) is 11.4 Å². The molecular weight excluding hydrogens is 380 g/mol. The van der Waals surface area contributed by atoms with Crippen LogP contribution in [0.5, 0.6) is 11.5 Å². The van der Waals surface area contributed by atoms with Crippen LogP contribution in [0.4, 0.5) is 0 Å². The topological polar surface area (TPSA) is 84.9 Å². The summed E-state index contributed by atoms with van der Waals surface area (Å²) >= 11 is 0. The first-order valence-electron chi connectivity index (χ1n) is 9.27. The van der Waals surface area contributed by atoms with Gasteiger partial charge in [0.1, 0.15) is 0 Å². The molecule has 0 aliphatic carbocycles. The summed E-state index contributed by atoms with van der Waals surface area (Å²) in [5.74, 6) is 1.26. The van der Waals surface area contributed by atoms with Gasteiger partial charge < -0.3 is 14.8 Å². The molecule has 0 bridgehead atoms. The molecule has 0 amide bonds. The standard InChI is InChI=1S/C20H22N2O5S/c23-18(13-21-12-15-6-7-19-20(10-15)27-14-26-19)16-4-3-5-17(11-16)28(24,25)22-8-1-2-9-22/h3-7,10-11,21H,1-2,8-9,12-14H2. The van der Waals surface area contributed by atoms with E-state index >= 15 is 0 Å². The number of ketones is 1. The smallest absolute Gasteiger partial charge is 0.243 e. The highest BCUT2D eigenvalue weighted by molar-refractivity contribution is 7.89. The Morgan fingerprint density at radius 3 is 2.64 bits per heavy atom. The average Bonchev–Trinajstić information content (AvgIpc) is 3.40. The van der Waals surface area contributed by atoms with Crippen LogP contribution in [0.25, 0.3) is 0 Å². The molecule has 0 aromatic heterocycles. The van der Waals surface area contributed by atoms with Gasteiger partial charge in [0.25, 0.3) is 0 Å². The molecule has 2 aliphatic heterocycles. The number of carbonyl (C=O) groups is 1. The lowest BCUT2D eigenvalue weighted by Gasteiger charge is -2.16. The summed E-state index contributed by atoms with van der Waals surface area (Å²) in [5.41, 5.74) is 1.36. The number of benzene rings is 2. The quantitative estimate of drug-likeness (QED) is 0.715. The van der Waals surface area contributed by atoms with Crippen molar-refractivity contribution < 1.29 is 22.7 Å². The first kappa shape index (κ1) is 18.9. The Balaban J connectivity index is 1.38. The van der Waals surface area contributed by atoms with Gasteiger partial charge in [0.2, 0.25) is 16.8 Å². The normalized spacial score (nSPS) is 16.4.